The summed E-state index contributed by atoms with van der Waals surface area (Å²) in [6, 6.07) is 8.37. The molecule has 1 aromatic carbocycles. The molecule has 3 heteroatoms. The number of nitrogens with zero attached hydrogens (tertiary/aromatic N) is 1. The summed E-state index contributed by atoms with van der Waals surface area (Å²) in [6.45, 7) is 2.04. The smallest absolute Gasteiger partial charge is 0.124 e. The van der Waals surface area contributed by atoms with E-state index in [-0.39, 0.29) is 5.54 Å². The van der Waals surface area contributed by atoms with Crippen LogP contribution in [-0.4, -0.2) is 31.1 Å². The number of ether oxygens (including phenoxy) is 1. The molecule has 0 spiro atoms. The van der Waals surface area contributed by atoms with Gasteiger partial charge in [-0.05, 0) is 26.0 Å². The van der Waals surface area contributed by atoms with E-state index in [0.717, 1.165) is 31.7 Å². The molecule has 1 aliphatic heterocycles. The van der Waals surface area contributed by atoms with Crippen LogP contribution in [-0.2, 0) is 5.54 Å². The van der Waals surface area contributed by atoms with Crippen molar-refractivity contribution in [3.63, 3.8) is 0 Å². The summed E-state index contributed by atoms with van der Waals surface area (Å²) >= 11 is 0. The number of likely N-dealkylation sites (N-methyl/N-ethyl adjacent to an activating group) is 1. The maximum Gasteiger partial charge on any atom is 0.124 e. The molecular formula is C16H24N2O. The molecule has 3 nitrogen and oxygen atoms in total. The normalized spacial score (nSPS) is 23.9. The van der Waals surface area contributed by atoms with Crippen LogP contribution in [0.15, 0.2) is 24.3 Å². The average molecular weight is 260 g/mol. The van der Waals surface area contributed by atoms with Crippen molar-refractivity contribution in [3.8, 4) is 5.75 Å². The molecule has 2 fully saturated rings. The molecule has 2 aliphatic rings. The van der Waals surface area contributed by atoms with Crippen LogP contribution in [0.25, 0.3) is 0 Å². The minimum atomic E-state index is -0.176. The molecule has 19 heavy (non-hydrogen) atoms. The van der Waals surface area contributed by atoms with Crippen molar-refractivity contribution in [2.45, 2.75) is 43.7 Å². The van der Waals surface area contributed by atoms with E-state index in [1.54, 1.807) is 0 Å². The number of hydrogen-bond donors (Lipinski definition) is 1. The number of benzene rings is 1. The molecule has 1 saturated heterocycles. The van der Waals surface area contributed by atoms with E-state index in [9.17, 15) is 0 Å². The molecule has 1 saturated carbocycles. The predicted molar refractivity (Wildman–Crippen MR) is 77.3 cm³/mol. The van der Waals surface area contributed by atoms with E-state index >= 15 is 0 Å². The van der Waals surface area contributed by atoms with Crippen molar-refractivity contribution in [2.24, 2.45) is 5.73 Å². The molecule has 1 aliphatic carbocycles. The Morgan fingerprint density at radius 1 is 1.16 bits per heavy atom. The van der Waals surface area contributed by atoms with Crippen molar-refractivity contribution in [2.75, 3.05) is 20.1 Å². The zero-order chi connectivity index (χ0) is 13.3. The zero-order valence-electron chi connectivity index (χ0n) is 11.8. The molecule has 0 atom stereocenters. The summed E-state index contributed by atoms with van der Waals surface area (Å²) in [6.07, 6.45) is 6.28. The van der Waals surface area contributed by atoms with Gasteiger partial charge in [-0.3, -0.25) is 4.90 Å². The Morgan fingerprint density at radius 2 is 1.84 bits per heavy atom. The third-order valence-corrected chi connectivity index (χ3v) is 4.49. The van der Waals surface area contributed by atoms with Crippen molar-refractivity contribution in [3.05, 3.63) is 29.8 Å². The first kappa shape index (κ1) is 12.9. The number of rotatable bonds is 3. The molecule has 1 aromatic rings. The van der Waals surface area contributed by atoms with Crippen LogP contribution in [0.5, 0.6) is 5.75 Å². The van der Waals surface area contributed by atoms with E-state index in [1.807, 2.05) is 6.07 Å². The largest absolute Gasteiger partial charge is 0.487 e. The van der Waals surface area contributed by atoms with E-state index in [0.29, 0.717) is 6.10 Å². The Bertz CT molecular complexity index is 434. The minimum Gasteiger partial charge on any atom is -0.487 e. The Kier molecular flexibility index (Phi) is 3.50. The molecule has 104 valence electrons. The highest BCUT2D eigenvalue weighted by molar-refractivity contribution is 5.39. The number of likely N-dealkylation sites (tertiary alicyclic amines) is 1. The van der Waals surface area contributed by atoms with Crippen LogP contribution in [0, 0.1) is 0 Å². The van der Waals surface area contributed by atoms with Gasteiger partial charge < -0.3 is 10.5 Å². The van der Waals surface area contributed by atoms with Crippen LogP contribution < -0.4 is 10.5 Å². The van der Waals surface area contributed by atoms with Gasteiger partial charge in [0.15, 0.2) is 0 Å². The van der Waals surface area contributed by atoms with E-state index in [4.69, 9.17) is 10.5 Å². The topological polar surface area (TPSA) is 38.5 Å². The van der Waals surface area contributed by atoms with E-state index in [1.165, 1.54) is 24.8 Å². The van der Waals surface area contributed by atoms with Gasteiger partial charge in [-0.2, -0.15) is 0 Å². The molecule has 3 rings (SSSR count). The standard InChI is InChI=1S/C16H24N2O/c1-18-11-13(12-18)19-15-8-4-3-7-14(15)16(17)9-5-2-6-10-16/h3-4,7-8,13H,2,5-6,9-12,17H2,1H3. The van der Waals surface area contributed by atoms with Crippen molar-refractivity contribution >= 4 is 0 Å². The summed E-state index contributed by atoms with van der Waals surface area (Å²) < 4.78 is 6.15. The van der Waals surface area contributed by atoms with Gasteiger partial charge in [0.1, 0.15) is 11.9 Å². The molecule has 0 aromatic heterocycles. The summed E-state index contributed by atoms with van der Waals surface area (Å²) in [5.74, 6) is 1.00. The fourth-order valence-electron chi connectivity index (χ4n) is 3.33. The molecule has 0 unspecified atom stereocenters. The lowest BCUT2D eigenvalue weighted by Gasteiger charge is -2.39. The Hall–Kier alpha value is -1.06. The van der Waals surface area contributed by atoms with Gasteiger partial charge in [-0.25, -0.2) is 0 Å². The summed E-state index contributed by atoms with van der Waals surface area (Å²) in [7, 11) is 2.12. The molecule has 0 radical (unpaired) electrons. The first-order chi connectivity index (χ1) is 9.17. The average Bonchev–Trinajstić information content (AvgIpc) is 2.38. The number of hydrogen-bond acceptors (Lipinski definition) is 3. The maximum atomic E-state index is 6.65. The minimum absolute atomic E-state index is 0.176. The second kappa shape index (κ2) is 5.14. The molecule has 1 heterocycles. The lowest BCUT2D eigenvalue weighted by Crippen LogP contribution is -2.51. The highest BCUT2D eigenvalue weighted by Crippen LogP contribution is 2.39. The summed E-state index contributed by atoms with van der Waals surface area (Å²) in [4.78, 5) is 2.27. The summed E-state index contributed by atoms with van der Waals surface area (Å²) in [5.41, 5.74) is 7.69. The fourth-order valence-corrected chi connectivity index (χ4v) is 3.33. The zero-order valence-corrected chi connectivity index (χ0v) is 11.8. The van der Waals surface area contributed by atoms with Gasteiger partial charge in [0.05, 0.1) is 0 Å². The lowest BCUT2D eigenvalue weighted by atomic mass is 9.77. The van der Waals surface area contributed by atoms with Gasteiger partial charge in [-0.1, -0.05) is 37.5 Å². The fraction of sp³-hybridized carbons (Fsp3) is 0.625. The van der Waals surface area contributed by atoms with Crippen molar-refractivity contribution in [1.82, 2.24) is 4.90 Å². The third-order valence-electron chi connectivity index (χ3n) is 4.49. The second-order valence-electron chi connectivity index (χ2n) is 6.17. The number of para-hydroxylation sites is 1. The Balaban J connectivity index is 1.80. The van der Waals surface area contributed by atoms with Gasteiger partial charge in [0, 0.05) is 24.2 Å². The first-order valence-electron chi connectivity index (χ1n) is 7.41. The molecule has 0 bridgehead atoms. The van der Waals surface area contributed by atoms with Crippen LogP contribution in [0.4, 0.5) is 0 Å². The molecule has 2 N–H and O–H groups in total. The van der Waals surface area contributed by atoms with Crippen LogP contribution >= 0.6 is 0 Å². The third kappa shape index (κ3) is 2.63. The molecule has 0 amide bonds. The quantitative estimate of drug-likeness (QED) is 0.907. The van der Waals surface area contributed by atoms with Gasteiger partial charge in [0.2, 0.25) is 0 Å². The highest BCUT2D eigenvalue weighted by Gasteiger charge is 2.33. The van der Waals surface area contributed by atoms with Crippen LogP contribution in [0.2, 0.25) is 0 Å². The van der Waals surface area contributed by atoms with Crippen LogP contribution in [0.1, 0.15) is 37.7 Å². The van der Waals surface area contributed by atoms with Crippen LogP contribution in [0.3, 0.4) is 0 Å². The van der Waals surface area contributed by atoms with Crippen molar-refractivity contribution in [1.29, 1.82) is 0 Å². The molecular weight excluding hydrogens is 236 g/mol. The number of nitrogens with two attached hydrogens (primary N) is 1. The second-order valence-corrected chi connectivity index (χ2v) is 6.17. The Labute approximate surface area is 115 Å². The first-order valence-corrected chi connectivity index (χ1v) is 7.41. The SMILES string of the molecule is CN1CC(Oc2ccccc2C2(N)CCCCC2)C1. The van der Waals surface area contributed by atoms with E-state index in [2.05, 4.69) is 30.1 Å². The highest BCUT2D eigenvalue weighted by atomic mass is 16.5. The van der Waals surface area contributed by atoms with Crippen molar-refractivity contribution < 1.29 is 4.74 Å². The summed E-state index contributed by atoms with van der Waals surface area (Å²) in [5, 5.41) is 0. The van der Waals surface area contributed by atoms with E-state index < -0.39 is 0 Å². The predicted octanol–water partition coefficient (Wildman–Crippen LogP) is 2.50. The van der Waals surface area contributed by atoms with Gasteiger partial charge >= 0.3 is 0 Å². The van der Waals surface area contributed by atoms with Gasteiger partial charge in [0.25, 0.3) is 0 Å². The van der Waals surface area contributed by atoms with Gasteiger partial charge in [-0.15, -0.1) is 0 Å². The lowest BCUT2D eigenvalue weighted by molar-refractivity contribution is 0.0369. The Morgan fingerprint density at radius 3 is 2.53 bits per heavy atom. The maximum absolute atomic E-state index is 6.65. The monoisotopic (exact) mass is 260 g/mol.